The van der Waals surface area contributed by atoms with E-state index in [0.29, 0.717) is 17.2 Å². The minimum absolute atomic E-state index is 0.0102. The molecule has 0 saturated carbocycles. The Labute approximate surface area is 175 Å². The first kappa shape index (κ1) is 22.8. The van der Waals surface area contributed by atoms with Crippen LogP contribution < -0.4 is 24.2 Å². The number of rotatable bonds is 9. The molecular weight excluding hydrogens is 420 g/mol. The van der Waals surface area contributed by atoms with Gasteiger partial charge in [0.25, 0.3) is 5.91 Å². The molecule has 0 aliphatic heterocycles. The third kappa shape index (κ3) is 6.25. The van der Waals surface area contributed by atoms with E-state index in [-0.39, 0.29) is 28.3 Å². The molecule has 2 N–H and O–H groups in total. The van der Waals surface area contributed by atoms with E-state index in [1.807, 2.05) is 0 Å². The number of carbonyl (C=O) groups is 1. The van der Waals surface area contributed by atoms with E-state index in [1.54, 1.807) is 32.0 Å². The summed E-state index contributed by atoms with van der Waals surface area (Å²) in [6.07, 6.45) is 0. The number of halogens is 1. The zero-order valence-corrected chi connectivity index (χ0v) is 18.1. The van der Waals surface area contributed by atoms with Crippen LogP contribution in [-0.4, -0.2) is 41.2 Å². The van der Waals surface area contributed by atoms with Crippen LogP contribution >= 0.6 is 11.6 Å². The second kappa shape index (κ2) is 9.82. The first-order valence-electron chi connectivity index (χ1n) is 8.63. The Morgan fingerprint density at radius 2 is 1.79 bits per heavy atom. The van der Waals surface area contributed by atoms with Gasteiger partial charge in [-0.2, -0.15) is 0 Å². The Morgan fingerprint density at radius 1 is 1.07 bits per heavy atom. The van der Waals surface area contributed by atoms with Crippen LogP contribution in [0.5, 0.6) is 17.2 Å². The molecule has 2 rings (SSSR count). The molecule has 0 bridgehead atoms. The molecule has 2 aromatic rings. The third-order valence-electron chi connectivity index (χ3n) is 3.65. The molecule has 0 unspecified atom stereocenters. The Kier molecular flexibility index (Phi) is 7.72. The minimum Gasteiger partial charge on any atom is -0.497 e. The highest BCUT2D eigenvalue weighted by molar-refractivity contribution is 7.89. The van der Waals surface area contributed by atoms with Gasteiger partial charge >= 0.3 is 0 Å². The molecule has 0 fully saturated rings. The smallest absolute Gasteiger partial charge is 0.262 e. The van der Waals surface area contributed by atoms with E-state index in [9.17, 15) is 13.2 Å². The quantitative estimate of drug-likeness (QED) is 0.618. The van der Waals surface area contributed by atoms with Crippen LogP contribution in [0, 0.1) is 0 Å². The van der Waals surface area contributed by atoms with Gasteiger partial charge in [-0.25, -0.2) is 13.1 Å². The molecule has 0 saturated heterocycles. The van der Waals surface area contributed by atoms with Gasteiger partial charge in [-0.05, 0) is 44.2 Å². The number of benzene rings is 2. The monoisotopic (exact) mass is 442 g/mol. The molecule has 10 heteroatoms. The van der Waals surface area contributed by atoms with Gasteiger partial charge in [0, 0.05) is 12.1 Å². The van der Waals surface area contributed by atoms with Crippen molar-refractivity contribution in [3.05, 3.63) is 41.4 Å². The van der Waals surface area contributed by atoms with Gasteiger partial charge in [-0.3, -0.25) is 4.79 Å². The normalized spacial score (nSPS) is 11.2. The predicted octanol–water partition coefficient (Wildman–Crippen LogP) is 3.06. The molecule has 158 valence electrons. The molecule has 0 aromatic heterocycles. The molecule has 8 nitrogen and oxygen atoms in total. The van der Waals surface area contributed by atoms with Gasteiger partial charge in [0.05, 0.1) is 29.8 Å². The van der Waals surface area contributed by atoms with Crippen molar-refractivity contribution in [2.75, 3.05) is 26.1 Å². The number of sulfonamides is 1. The van der Waals surface area contributed by atoms with Crippen molar-refractivity contribution in [3.8, 4) is 17.2 Å². The van der Waals surface area contributed by atoms with Crippen LogP contribution in [0.15, 0.2) is 41.3 Å². The summed E-state index contributed by atoms with van der Waals surface area (Å²) in [6, 6.07) is 8.73. The van der Waals surface area contributed by atoms with Crippen molar-refractivity contribution >= 4 is 33.2 Å². The highest BCUT2D eigenvalue weighted by Crippen LogP contribution is 2.30. The summed E-state index contributed by atoms with van der Waals surface area (Å²) in [4.78, 5) is 12.2. The van der Waals surface area contributed by atoms with Crippen LogP contribution in [0.4, 0.5) is 5.69 Å². The number of anilines is 1. The van der Waals surface area contributed by atoms with Crippen LogP contribution in [0.25, 0.3) is 0 Å². The summed E-state index contributed by atoms with van der Waals surface area (Å²) in [5.41, 5.74) is 0.453. The fraction of sp³-hybridized carbons (Fsp3) is 0.316. The number of nitrogens with one attached hydrogen (secondary N) is 2. The molecule has 0 aliphatic carbocycles. The average Bonchev–Trinajstić information content (AvgIpc) is 2.66. The van der Waals surface area contributed by atoms with E-state index in [2.05, 4.69) is 10.0 Å². The molecule has 0 atom stereocenters. The lowest BCUT2D eigenvalue weighted by Gasteiger charge is -2.13. The summed E-state index contributed by atoms with van der Waals surface area (Å²) in [6.45, 7) is 3.10. The van der Waals surface area contributed by atoms with Gasteiger partial charge in [0.1, 0.15) is 17.2 Å². The Balaban J connectivity index is 2.04. The standard InChI is InChI=1S/C19H23ClN2O6S/c1-12(2)22-29(24,25)14-6-8-17(15(20)10-14)28-11-19(23)21-16-7-5-13(26-3)9-18(16)27-4/h5-10,12,22H,11H2,1-4H3,(H,21,23). The number of hydrogen-bond acceptors (Lipinski definition) is 6. The molecule has 29 heavy (non-hydrogen) atoms. The summed E-state index contributed by atoms with van der Waals surface area (Å²) in [7, 11) is -0.673. The van der Waals surface area contributed by atoms with Gasteiger partial charge < -0.3 is 19.5 Å². The fourth-order valence-electron chi connectivity index (χ4n) is 2.38. The zero-order valence-electron chi connectivity index (χ0n) is 16.5. The largest absolute Gasteiger partial charge is 0.497 e. The topological polar surface area (TPSA) is 103 Å². The Bertz CT molecular complexity index is 979. The zero-order chi connectivity index (χ0) is 21.6. The van der Waals surface area contributed by atoms with Crippen LogP contribution in [0.3, 0.4) is 0 Å². The molecule has 0 spiro atoms. The summed E-state index contributed by atoms with van der Waals surface area (Å²) >= 11 is 6.11. The molecular formula is C19H23ClN2O6S. The maximum atomic E-state index is 12.2. The van der Waals surface area contributed by atoms with E-state index >= 15 is 0 Å². The Morgan fingerprint density at radius 3 is 2.38 bits per heavy atom. The summed E-state index contributed by atoms with van der Waals surface area (Å²) < 4.78 is 42.6. The molecule has 0 heterocycles. The third-order valence-corrected chi connectivity index (χ3v) is 5.60. The van der Waals surface area contributed by atoms with Crippen molar-refractivity contribution in [2.24, 2.45) is 0 Å². The first-order valence-corrected chi connectivity index (χ1v) is 10.5. The van der Waals surface area contributed by atoms with Crippen molar-refractivity contribution in [1.29, 1.82) is 0 Å². The van der Waals surface area contributed by atoms with Gasteiger partial charge in [-0.1, -0.05) is 11.6 Å². The maximum Gasteiger partial charge on any atom is 0.262 e. The maximum absolute atomic E-state index is 12.2. The lowest BCUT2D eigenvalue weighted by Crippen LogP contribution is -2.30. The number of ether oxygens (including phenoxy) is 3. The molecule has 2 aromatic carbocycles. The highest BCUT2D eigenvalue weighted by Gasteiger charge is 2.18. The predicted molar refractivity (Wildman–Crippen MR) is 111 cm³/mol. The van der Waals surface area contributed by atoms with Gasteiger partial charge in [0.2, 0.25) is 10.0 Å². The first-order chi connectivity index (χ1) is 13.7. The van der Waals surface area contributed by atoms with Crippen molar-refractivity contribution in [1.82, 2.24) is 4.72 Å². The van der Waals surface area contributed by atoms with Crippen molar-refractivity contribution < 1.29 is 27.4 Å². The number of amides is 1. The van der Waals surface area contributed by atoms with Crippen molar-refractivity contribution in [2.45, 2.75) is 24.8 Å². The summed E-state index contributed by atoms with van der Waals surface area (Å²) in [5.74, 6) is 0.766. The Hall–Kier alpha value is -2.49. The highest BCUT2D eigenvalue weighted by atomic mass is 35.5. The van der Waals surface area contributed by atoms with E-state index < -0.39 is 15.9 Å². The van der Waals surface area contributed by atoms with E-state index in [0.717, 1.165) is 0 Å². The summed E-state index contributed by atoms with van der Waals surface area (Å²) in [5, 5.41) is 2.74. The second-order valence-corrected chi connectivity index (χ2v) is 8.39. The molecule has 1 amide bonds. The fourth-order valence-corrected chi connectivity index (χ4v) is 3.95. The second-order valence-electron chi connectivity index (χ2n) is 6.27. The number of carbonyl (C=O) groups excluding carboxylic acids is 1. The van der Waals surface area contributed by atoms with Crippen LogP contribution in [0.2, 0.25) is 5.02 Å². The van der Waals surface area contributed by atoms with Crippen LogP contribution in [-0.2, 0) is 14.8 Å². The minimum atomic E-state index is -3.68. The van der Waals surface area contributed by atoms with E-state index in [1.165, 1.54) is 32.4 Å². The van der Waals surface area contributed by atoms with Crippen LogP contribution in [0.1, 0.15) is 13.8 Å². The van der Waals surface area contributed by atoms with Gasteiger partial charge in [-0.15, -0.1) is 0 Å². The van der Waals surface area contributed by atoms with Gasteiger partial charge in [0.15, 0.2) is 6.61 Å². The lowest BCUT2D eigenvalue weighted by atomic mass is 10.2. The van der Waals surface area contributed by atoms with Crippen molar-refractivity contribution in [3.63, 3.8) is 0 Å². The average molecular weight is 443 g/mol. The SMILES string of the molecule is COc1ccc(NC(=O)COc2ccc(S(=O)(=O)NC(C)C)cc2Cl)c(OC)c1. The van der Waals surface area contributed by atoms with E-state index in [4.69, 9.17) is 25.8 Å². The molecule has 0 radical (unpaired) electrons. The number of hydrogen-bond donors (Lipinski definition) is 2. The molecule has 0 aliphatic rings. The lowest BCUT2D eigenvalue weighted by molar-refractivity contribution is -0.118. The number of methoxy groups -OCH3 is 2.